The molecule has 0 atom stereocenters. The third kappa shape index (κ3) is 2.24. The van der Waals surface area contributed by atoms with E-state index in [0.717, 1.165) is 11.0 Å². The van der Waals surface area contributed by atoms with Crippen LogP contribution in [0.2, 0.25) is 0 Å². The number of nitrogen functional groups attached to an aromatic ring is 1. The maximum Gasteiger partial charge on any atom is 0.256 e. The Morgan fingerprint density at radius 1 is 1.09 bits per heavy atom. The molecular formula is C16H14N6O. The Kier molecular flexibility index (Phi) is 2.90. The van der Waals surface area contributed by atoms with Crippen molar-refractivity contribution in [3.63, 3.8) is 0 Å². The van der Waals surface area contributed by atoms with Crippen LogP contribution in [0.15, 0.2) is 59.7 Å². The monoisotopic (exact) mass is 306 g/mol. The number of nitrogens with one attached hydrogen (secondary N) is 1. The Hall–Kier alpha value is -3.48. The Morgan fingerprint density at radius 3 is 2.74 bits per heavy atom. The maximum atomic E-state index is 11.9. The zero-order chi connectivity index (χ0) is 15.8. The van der Waals surface area contributed by atoms with Gasteiger partial charge in [0.25, 0.3) is 5.56 Å². The number of para-hydroxylation sites is 2. The summed E-state index contributed by atoms with van der Waals surface area (Å²) in [7, 11) is 0. The van der Waals surface area contributed by atoms with Crippen LogP contribution in [0.4, 0.5) is 5.82 Å². The van der Waals surface area contributed by atoms with E-state index in [4.69, 9.17) is 5.73 Å². The minimum Gasteiger partial charge on any atom is -0.382 e. The molecule has 23 heavy (non-hydrogen) atoms. The number of pyridine rings is 1. The summed E-state index contributed by atoms with van der Waals surface area (Å²) in [5.74, 6) is 1.15. The molecule has 0 saturated heterocycles. The maximum absolute atomic E-state index is 11.9. The van der Waals surface area contributed by atoms with Crippen LogP contribution in [0.1, 0.15) is 1.43 Å². The molecule has 4 rings (SSSR count). The van der Waals surface area contributed by atoms with Crippen molar-refractivity contribution in [2.24, 2.45) is 0 Å². The van der Waals surface area contributed by atoms with Gasteiger partial charge in [-0.25, -0.2) is 15.0 Å². The predicted octanol–water partition coefficient (Wildman–Crippen LogP) is 2.00. The minimum atomic E-state index is -0.192. The van der Waals surface area contributed by atoms with Crippen LogP contribution in [0.5, 0.6) is 0 Å². The van der Waals surface area contributed by atoms with Crippen molar-refractivity contribution in [3.05, 3.63) is 65.2 Å². The van der Waals surface area contributed by atoms with Gasteiger partial charge >= 0.3 is 0 Å². The van der Waals surface area contributed by atoms with Gasteiger partial charge in [-0.15, -0.1) is 0 Å². The van der Waals surface area contributed by atoms with Crippen molar-refractivity contribution in [2.75, 3.05) is 5.73 Å². The van der Waals surface area contributed by atoms with Crippen LogP contribution >= 0.6 is 0 Å². The van der Waals surface area contributed by atoms with Crippen molar-refractivity contribution >= 4 is 16.9 Å². The molecule has 0 aliphatic carbocycles. The number of nitrogens with zero attached hydrogens (tertiary/aromatic N) is 4. The Balaban J connectivity index is 0.00000169. The first kappa shape index (κ1) is 13.2. The Morgan fingerprint density at radius 2 is 1.91 bits per heavy atom. The molecule has 0 amide bonds. The average Bonchev–Trinajstić information content (AvgIpc) is 3.00. The lowest BCUT2D eigenvalue weighted by molar-refractivity contribution is 0.927. The molecule has 0 unspecified atom stereocenters. The molecule has 4 aromatic rings. The summed E-state index contributed by atoms with van der Waals surface area (Å²) in [6, 6.07) is 12.5. The third-order valence-corrected chi connectivity index (χ3v) is 3.47. The molecule has 0 aliphatic rings. The van der Waals surface area contributed by atoms with Gasteiger partial charge in [-0.2, -0.15) is 0 Å². The quantitative estimate of drug-likeness (QED) is 0.589. The molecule has 3 aromatic heterocycles. The number of anilines is 1. The molecule has 7 nitrogen and oxygen atoms in total. The molecule has 0 saturated carbocycles. The zero-order valence-electron chi connectivity index (χ0n) is 12.0. The van der Waals surface area contributed by atoms with Crippen molar-refractivity contribution in [3.8, 4) is 17.3 Å². The summed E-state index contributed by atoms with van der Waals surface area (Å²) >= 11 is 0. The van der Waals surface area contributed by atoms with E-state index < -0.39 is 0 Å². The molecule has 114 valence electrons. The fourth-order valence-corrected chi connectivity index (χ4v) is 2.36. The first-order chi connectivity index (χ1) is 11.2. The van der Waals surface area contributed by atoms with Crippen LogP contribution in [0, 0.1) is 0 Å². The van der Waals surface area contributed by atoms with Crippen LogP contribution in [0.3, 0.4) is 0 Å². The first-order valence-electron chi connectivity index (χ1n) is 6.98. The number of imidazole rings is 1. The fraction of sp³-hybridized carbons (Fsp3) is 0. The second-order valence-corrected chi connectivity index (χ2v) is 4.97. The number of aromatic nitrogens is 5. The van der Waals surface area contributed by atoms with Gasteiger partial charge in [0, 0.05) is 13.7 Å². The van der Waals surface area contributed by atoms with Gasteiger partial charge in [-0.1, -0.05) is 18.2 Å². The molecule has 1 aromatic carbocycles. The summed E-state index contributed by atoms with van der Waals surface area (Å²) in [6.45, 7) is 0. The van der Waals surface area contributed by atoms with Gasteiger partial charge in [0.15, 0.2) is 23.2 Å². The number of rotatable bonds is 2. The van der Waals surface area contributed by atoms with E-state index in [0.29, 0.717) is 17.3 Å². The number of hydrogen-bond acceptors (Lipinski definition) is 5. The Labute approximate surface area is 132 Å². The van der Waals surface area contributed by atoms with Gasteiger partial charge < -0.3 is 10.7 Å². The number of aromatic amines is 1. The lowest BCUT2D eigenvalue weighted by Crippen LogP contribution is -2.17. The SMILES string of the molecule is Nc1ncc(-n2ccccc2=O)nc1-c1nc2ccccc2[nH]1.[HH]. The molecule has 0 fully saturated rings. The summed E-state index contributed by atoms with van der Waals surface area (Å²) in [5.41, 5.74) is 7.85. The molecule has 3 heterocycles. The van der Waals surface area contributed by atoms with Crippen molar-refractivity contribution in [1.82, 2.24) is 24.5 Å². The van der Waals surface area contributed by atoms with E-state index in [1.807, 2.05) is 24.3 Å². The molecule has 7 heteroatoms. The van der Waals surface area contributed by atoms with Crippen LogP contribution < -0.4 is 11.3 Å². The van der Waals surface area contributed by atoms with E-state index in [-0.39, 0.29) is 12.8 Å². The standard InChI is InChI=1S/C16H12N6O.H2/c17-15-14(16-19-10-5-1-2-6-11(10)20-16)21-12(9-18-15)22-8-4-3-7-13(22)23;/h1-9H,(H2,17,18)(H,19,20);1H. The second-order valence-electron chi connectivity index (χ2n) is 4.97. The van der Waals surface area contributed by atoms with Crippen LogP contribution in [-0.4, -0.2) is 24.5 Å². The van der Waals surface area contributed by atoms with Gasteiger partial charge in [0.2, 0.25) is 0 Å². The number of H-pyrrole nitrogens is 1. The third-order valence-electron chi connectivity index (χ3n) is 3.47. The highest BCUT2D eigenvalue weighted by atomic mass is 16.1. The number of hydrogen-bond donors (Lipinski definition) is 2. The minimum absolute atomic E-state index is 0. The molecule has 0 radical (unpaired) electrons. The number of benzene rings is 1. The van der Waals surface area contributed by atoms with E-state index in [1.54, 1.807) is 18.3 Å². The lowest BCUT2D eigenvalue weighted by atomic mass is 10.3. The van der Waals surface area contributed by atoms with Gasteiger partial charge in [-0.05, 0) is 18.2 Å². The van der Waals surface area contributed by atoms with E-state index in [9.17, 15) is 4.79 Å². The van der Waals surface area contributed by atoms with E-state index in [1.165, 1.54) is 16.8 Å². The molecule has 3 N–H and O–H groups in total. The summed E-state index contributed by atoms with van der Waals surface area (Å²) in [6.07, 6.45) is 3.09. The number of nitrogens with two attached hydrogens (primary N) is 1. The van der Waals surface area contributed by atoms with Crippen LogP contribution in [0.25, 0.3) is 28.4 Å². The topological polar surface area (TPSA) is 102 Å². The highest BCUT2D eigenvalue weighted by Gasteiger charge is 2.13. The first-order valence-corrected chi connectivity index (χ1v) is 6.98. The highest BCUT2D eigenvalue weighted by molar-refractivity contribution is 5.80. The predicted molar refractivity (Wildman–Crippen MR) is 89.2 cm³/mol. The van der Waals surface area contributed by atoms with Gasteiger partial charge in [-0.3, -0.25) is 9.36 Å². The van der Waals surface area contributed by atoms with Gasteiger partial charge in [0.05, 0.1) is 17.2 Å². The summed E-state index contributed by atoms with van der Waals surface area (Å²) < 4.78 is 1.40. The molecule has 0 aliphatic heterocycles. The van der Waals surface area contributed by atoms with E-state index >= 15 is 0 Å². The lowest BCUT2D eigenvalue weighted by Gasteiger charge is -2.06. The van der Waals surface area contributed by atoms with Crippen molar-refractivity contribution < 1.29 is 1.43 Å². The number of fused-ring (bicyclic) bond motifs is 1. The fourth-order valence-electron chi connectivity index (χ4n) is 2.36. The zero-order valence-corrected chi connectivity index (χ0v) is 12.0. The van der Waals surface area contributed by atoms with Crippen LogP contribution in [-0.2, 0) is 0 Å². The second kappa shape index (κ2) is 5.06. The summed E-state index contributed by atoms with van der Waals surface area (Å²) in [5, 5.41) is 0. The van der Waals surface area contributed by atoms with Crippen molar-refractivity contribution in [2.45, 2.75) is 0 Å². The molecule has 0 spiro atoms. The molecular weight excluding hydrogens is 292 g/mol. The smallest absolute Gasteiger partial charge is 0.256 e. The van der Waals surface area contributed by atoms with Crippen molar-refractivity contribution in [1.29, 1.82) is 0 Å². The highest BCUT2D eigenvalue weighted by Crippen LogP contribution is 2.23. The normalized spacial score (nSPS) is 11.0. The largest absolute Gasteiger partial charge is 0.382 e. The molecule has 0 bridgehead atoms. The average molecular weight is 306 g/mol. The van der Waals surface area contributed by atoms with E-state index in [2.05, 4.69) is 19.9 Å². The summed E-state index contributed by atoms with van der Waals surface area (Å²) in [4.78, 5) is 28.2. The Bertz CT molecular complexity index is 1040. The van der Waals surface area contributed by atoms with Gasteiger partial charge in [0.1, 0.15) is 0 Å².